The molecule has 0 aliphatic rings. The average molecular weight is 365 g/mol. The maximum Gasteiger partial charge on any atom is 0.0412 e. The summed E-state index contributed by atoms with van der Waals surface area (Å²) in [7, 11) is 0. The van der Waals surface area contributed by atoms with Crippen LogP contribution in [0.2, 0.25) is 5.02 Å². The minimum Gasteiger partial charge on any atom is -0.0843 e. The quantitative estimate of drug-likeness (QED) is 0.278. The average Bonchev–Trinajstić information content (AvgIpc) is 2.73. The third kappa shape index (κ3) is 2.89. The van der Waals surface area contributed by atoms with Crippen LogP contribution in [-0.2, 0) is 0 Å². The first-order valence-corrected chi connectivity index (χ1v) is 9.44. The molecule has 0 radical (unpaired) electrons. The summed E-state index contributed by atoms with van der Waals surface area (Å²) in [4.78, 5) is 0. The second-order valence-corrected chi connectivity index (χ2v) is 7.22. The van der Waals surface area contributed by atoms with Crippen LogP contribution >= 0.6 is 11.6 Å². The minimum atomic E-state index is 0.757. The van der Waals surface area contributed by atoms with Crippen molar-refractivity contribution in [1.29, 1.82) is 0 Å². The fourth-order valence-electron chi connectivity index (χ4n) is 3.81. The van der Waals surface area contributed by atoms with Gasteiger partial charge in [-0.2, -0.15) is 0 Å². The van der Waals surface area contributed by atoms with Crippen LogP contribution in [0.3, 0.4) is 0 Å². The van der Waals surface area contributed by atoms with E-state index in [4.69, 9.17) is 11.6 Å². The summed E-state index contributed by atoms with van der Waals surface area (Å²) >= 11 is 6.29. The highest BCUT2D eigenvalue weighted by Gasteiger charge is 2.10. The number of hydrogen-bond donors (Lipinski definition) is 0. The Morgan fingerprint density at radius 2 is 1.22 bits per heavy atom. The molecule has 0 N–H and O–H groups in total. The molecular weight excluding hydrogens is 348 g/mol. The van der Waals surface area contributed by atoms with E-state index in [-0.39, 0.29) is 0 Å². The molecule has 27 heavy (non-hydrogen) atoms. The van der Waals surface area contributed by atoms with Gasteiger partial charge in [-0.25, -0.2) is 0 Å². The predicted octanol–water partition coefficient (Wildman–Crippen LogP) is 7.98. The molecule has 0 unspecified atom stereocenters. The van der Waals surface area contributed by atoms with E-state index in [2.05, 4.69) is 84.9 Å². The van der Waals surface area contributed by atoms with Gasteiger partial charge >= 0.3 is 0 Å². The Kier molecular flexibility index (Phi) is 3.92. The molecule has 0 fully saturated rings. The number of rotatable bonds is 2. The predicted molar refractivity (Wildman–Crippen MR) is 117 cm³/mol. The maximum atomic E-state index is 6.29. The lowest BCUT2D eigenvalue weighted by Gasteiger charge is -2.13. The SMILES string of the molecule is Clc1cccc(-c2cc3ccccc3c3ccc(-c4ccccc4)cc23)c1. The highest BCUT2D eigenvalue weighted by molar-refractivity contribution is 6.31. The molecule has 5 rings (SSSR count). The third-order valence-corrected chi connectivity index (χ3v) is 5.34. The van der Waals surface area contributed by atoms with E-state index < -0.39 is 0 Å². The van der Waals surface area contributed by atoms with Crippen LogP contribution in [0.5, 0.6) is 0 Å². The topological polar surface area (TPSA) is 0 Å². The first-order chi connectivity index (χ1) is 13.3. The van der Waals surface area contributed by atoms with Crippen molar-refractivity contribution in [2.24, 2.45) is 0 Å². The van der Waals surface area contributed by atoms with E-state index in [1.165, 1.54) is 38.2 Å². The zero-order valence-corrected chi connectivity index (χ0v) is 15.4. The van der Waals surface area contributed by atoms with Crippen LogP contribution in [0.4, 0.5) is 0 Å². The van der Waals surface area contributed by atoms with Crippen LogP contribution in [0.25, 0.3) is 43.8 Å². The smallest absolute Gasteiger partial charge is 0.0412 e. The van der Waals surface area contributed by atoms with Crippen LogP contribution < -0.4 is 0 Å². The van der Waals surface area contributed by atoms with E-state index in [0.717, 1.165) is 10.6 Å². The summed E-state index contributed by atoms with van der Waals surface area (Å²) in [6.07, 6.45) is 0. The lowest BCUT2D eigenvalue weighted by molar-refractivity contribution is 1.63. The first kappa shape index (κ1) is 16.1. The second kappa shape index (κ2) is 6.57. The Bertz CT molecular complexity index is 1270. The molecule has 0 saturated heterocycles. The second-order valence-electron chi connectivity index (χ2n) is 6.78. The number of hydrogen-bond acceptors (Lipinski definition) is 0. The van der Waals surface area contributed by atoms with Gasteiger partial charge in [0.05, 0.1) is 0 Å². The van der Waals surface area contributed by atoms with Gasteiger partial charge in [-0.3, -0.25) is 0 Å². The largest absolute Gasteiger partial charge is 0.0843 e. The Morgan fingerprint density at radius 3 is 2.07 bits per heavy atom. The van der Waals surface area contributed by atoms with Crippen molar-refractivity contribution in [2.45, 2.75) is 0 Å². The van der Waals surface area contributed by atoms with Gasteiger partial charge in [-0.15, -0.1) is 0 Å². The van der Waals surface area contributed by atoms with Gasteiger partial charge in [0.15, 0.2) is 0 Å². The van der Waals surface area contributed by atoms with E-state index in [1.54, 1.807) is 0 Å². The fourth-order valence-corrected chi connectivity index (χ4v) is 4.00. The highest BCUT2D eigenvalue weighted by Crippen LogP contribution is 2.37. The van der Waals surface area contributed by atoms with Crippen molar-refractivity contribution in [3.05, 3.63) is 108 Å². The van der Waals surface area contributed by atoms with E-state index in [9.17, 15) is 0 Å². The van der Waals surface area contributed by atoms with Gasteiger partial charge in [0.25, 0.3) is 0 Å². The molecular formula is C26H17Cl. The Labute approximate surface area is 163 Å². The van der Waals surface area contributed by atoms with E-state index in [1.807, 2.05) is 18.2 Å². The number of halogens is 1. The molecule has 0 heterocycles. The van der Waals surface area contributed by atoms with Gasteiger partial charge < -0.3 is 0 Å². The molecule has 0 aromatic heterocycles. The zero-order valence-electron chi connectivity index (χ0n) is 14.7. The van der Waals surface area contributed by atoms with Crippen molar-refractivity contribution >= 4 is 33.1 Å². The molecule has 0 aliphatic carbocycles. The maximum absolute atomic E-state index is 6.29. The molecule has 0 saturated carbocycles. The number of fused-ring (bicyclic) bond motifs is 3. The van der Waals surface area contributed by atoms with Crippen molar-refractivity contribution in [1.82, 2.24) is 0 Å². The molecule has 0 bridgehead atoms. The van der Waals surface area contributed by atoms with Crippen molar-refractivity contribution in [3.8, 4) is 22.3 Å². The summed E-state index contributed by atoms with van der Waals surface area (Å²) in [6, 6.07) is 36.2. The molecule has 0 amide bonds. The summed E-state index contributed by atoms with van der Waals surface area (Å²) in [5, 5.41) is 5.79. The summed E-state index contributed by atoms with van der Waals surface area (Å²) in [6.45, 7) is 0. The van der Waals surface area contributed by atoms with Crippen molar-refractivity contribution in [3.63, 3.8) is 0 Å². The van der Waals surface area contributed by atoms with Crippen LogP contribution in [-0.4, -0.2) is 0 Å². The lowest BCUT2D eigenvalue weighted by atomic mass is 9.91. The van der Waals surface area contributed by atoms with Crippen LogP contribution in [0.15, 0.2) is 103 Å². The minimum absolute atomic E-state index is 0.757. The standard InChI is InChI=1S/C26H17Cl/c27-22-11-6-10-20(15-22)25-17-21-9-4-5-12-23(21)24-14-13-19(16-26(24)25)18-7-2-1-3-8-18/h1-17H. The third-order valence-electron chi connectivity index (χ3n) is 5.10. The van der Waals surface area contributed by atoms with Crippen LogP contribution in [0, 0.1) is 0 Å². The van der Waals surface area contributed by atoms with Gasteiger partial charge in [0, 0.05) is 5.02 Å². The fraction of sp³-hybridized carbons (Fsp3) is 0. The highest BCUT2D eigenvalue weighted by atomic mass is 35.5. The molecule has 0 spiro atoms. The van der Waals surface area contributed by atoms with Crippen molar-refractivity contribution < 1.29 is 0 Å². The summed E-state index contributed by atoms with van der Waals surface area (Å²) < 4.78 is 0. The Morgan fingerprint density at radius 1 is 0.444 bits per heavy atom. The normalized spacial score (nSPS) is 11.1. The monoisotopic (exact) mass is 364 g/mol. The summed E-state index contributed by atoms with van der Waals surface area (Å²) in [5.74, 6) is 0. The first-order valence-electron chi connectivity index (χ1n) is 9.06. The Balaban J connectivity index is 1.87. The number of benzene rings is 5. The van der Waals surface area contributed by atoms with Gasteiger partial charge in [-0.1, -0.05) is 90.5 Å². The van der Waals surface area contributed by atoms with Gasteiger partial charge in [-0.05, 0) is 68.1 Å². The molecule has 5 aromatic carbocycles. The van der Waals surface area contributed by atoms with Gasteiger partial charge in [0.2, 0.25) is 0 Å². The van der Waals surface area contributed by atoms with E-state index in [0.29, 0.717) is 0 Å². The Hall–Kier alpha value is -3.09. The van der Waals surface area contributed by atoms with E-state index >= 15 is 0 Å². The molecule has 1 heteroatoms. The molecule has 0 aliphatic heterocycles. The molecule has 0 atom stereocenters. The molecule has 128 valence electrons. The molecule has 5 aromatic rings. The van der Waals surface area contributed by atoms with Crippen molar-refractivity contribution in [2.75, 3.05) is 0 Å². The van der Waals surface area contributed by atoms with Gasteiger partial charge in [0.1, 0.15) is 0 Å². The molecule has 0 nitrogen and oxygen atoms in total. The zero-order chi connectivity index (χ0) is 18.2. The van der Waals surface area contributed by atoms with Crippen LogP contribution in [0.1, 0.15) is 0 Å². The lowest BCUT2D eigenvalue weighted by Crippen LogP contribution is -1.86. The summed E-state index contributed by atoms with van der Waals surface area (Å²) in [5.41, 5.74) is 4.80.